The molecular weight excluding hydrogens is 638 g/mol. The maximum absolute atomic E-state index is 14.9. The number of esters is 1. The average molecular weight is 694 g/mol. The molecule has 1 aromatic heterocycles. The molecule has 2 saturated carbocycles. The van der Waals surface area contributed by atoms with Gasteiger partial charge in [0.05, 0.1) is 41.6 Å². The van der Waals surface area contributed by atoms with E-state index in [4.69, 9.17) is 9.47 Å². The lowest BCUT2D eigenvalue weighted by molar-refractivity contribution is -0.144. The van der Waals surface area contributed by atoms with Gasteiger partial charge in [-0.15, -0.1) is 0 Å². The second-order valence-electron chi connectivity index (χ2n) is 18.5. The van der Waals surface area contributed by atoms with Crippen LogP contribution in [-0.4, -0.2) is 50.9 Å². The molecule has 0 amide bonds. The number of nitrogens with zero attached hydrogens (tertiary/aromatic N) is 1. The van der Waals surface area contributed by atoms with Gasteiger partial charge >= 0.3 is 5.97 Å². The lowest BCUT2D eigenvalue weighted by Gasteiger charge is -2.64. The fourth-order valence-electron chi connectivity index (χ4n) is 12.7. The van der Waals surface area contributed by atoms with Crippen LogP contribution in [0, 0.1) is 28.6 Å². The molecule has 9 unspecified atom stereocenters. The zero-order chi connectivity index (χ0) is 37.0. The van der Waals surface area contributed by atoms with E-state index in [9.17, 15) is 19.8 Å². The number of allylic oxidation sites excluding steroid dienone is 3. The molecular formula is C44H55NO6. The van der Waals surface area contributed by atoms with E-state index in [1.165, 1.54) is 18.4 Å². The molecule has 6 aliphatic rings. The van der Waals surface area contributed by atoms with Crippen molar-refractivity contribution < 1.29 is 29.3 Å². The van der Waals surface area contributed by atoms with E-state index in [0.29, 0.717) is 23.5 Å². The number of carbonyl (C=O) groups is 2. The Balaban J connectivity index is 1.34. The van der Waals surface area contributed by atoms with E-state index >= 15 is 0 Å². The van der Waals surface area contributed by atoms with Crippen LogP contribution in [0.15, 0.2) is 48.1 Å². The van der Waals surface area contributed by atoms with Crippen molar-refractivity contribution in [3.8, 4) is 0 Å². The molecule has 8 rings (SSSR count). The molecule has 9 atom stereocenters. The number of hydrogen-bond donors (Lipinski definition) is 2. The van der Waals surface area contributed by atoms with Crippen molar-refractivity contribution in [2.75, 3.05) is 7.11 Å². The van der Waals surface area contributed by atoms with Crippen molar-refractivity contribution in [2.24, 2.45) is 28.6 Å². The summed E-state index contributed by atoms with van der Waals surface area (Å²) in [6.45, 7) is 23.4. The molecule has 0 saturated heterocycles. The molecule has 2 aromatic rings. The number of aliphatic hydroxyl groups is 2. The number of Topliss-reactive ketones (excluding diaryl/α,β-unsaturated/α-hetero) is 1. The largest absolute Gasteiger partial charge is 0.466 e. The highest BCUT2D eigenvalue weighted by Gasteiger charge is 2.67. The number of aliphatic hydroxyl groups excluding tert-OH is 2. The van der Waals surface area contributed by atoms with Gasteiger partial charge in [0.15, 0.2) is 5.78 Å². The minimum atomic E-state index is -0.855. The Kier molecular flexibility index (Phi) is 7.28. The summed E-state index contributed by atoms with van der Waals surface area (Å²) in [6.07, 6.45) is 11.1. The van der Waals surface area contributed by atoms with Crippen molar-refractivity contribution in [1.82, 2.24) is 4.57 Å². The predicted octanol–water partition coefficient (Wildman–Crippen LogP) is 8.27. The van der Waals surface area contributed by atoms with E-state index < -0.39 is 34.9 Å². The highest BCUT2D eigenvalue weighted by atomic mass is 16.5. The van der Waals surface area contributed by atoms with Gasteiger partial charge in [-0.2, -0.15) is 0 Å². The molecule has 0 radical (unpaired) electrons. The van der Waals surface area contributed by atoms with E-state index in [0.717, 1.165) is 58.9 Å². The SMILES string of the molecule is C=C(C)C1C(=O)c2c3c(cc4c5c(n1c24)C1(C)C(CCC2C(C)(/C=C/C=C(\C)C(=O)OC)C(O)CCC21C)C5)C1=CC(C)(C)OC(C)(C)C1C3O. The summed E-state index contributed by atoms with van der Waals surface area (Å²) in [4.78, 5) is 27.0. The Hall–Kier alpha value is -3.26. The smallest absolute Gasteiger partial charge is 0.333 e. The number of aromatic nitrogens is 1. The predicted molar refractivity (Wildman–Crippen MR) is 199 cm³/mol. The minimum Gasteiger partial charge on any atom is -0.466 e. The Bertz CT molecular complexity index is 2040. The topological polar surface area (TPSA) is 98.0 Å². The third-order valence-electron chi connectivity index (χ3n) is 14.9. The number of ether oxygens (including phenoxy) is 2. The van der Waals surface area contributed by atoms with Crippen LogP contribution in [0.5, 0.6) is 0 Å². The summed E-state index contributed by atoms with van der Waals surface area (Å²) in [6, 6.07) is 1.77. The van der Waals surface area contributed by atoms with Gasteiger partial charge in [0.1, 0.15) is 6.04 Å². The first-order chi connectivity index (χ1) is 23.7. The summed E-state index contributed by atoms with van der Waals surface area (Å²) in [5.41, 5.74) is 6.25. The highest BCUT2D eigenvalue weighted by Crippen LogP contribution is 2.71. The Morgan fingerprint density at radius 2 is 1.78 bits per heavy atom. The van der Waals surface area contributed by atoms with Crippen molar-refractivity contribution in [3.63, 3.8) is 0 Å². The van der Waals surface area contributed by atoms with Gasteiger partial charge in [-0.05, 0) is 120 Å². The maximum atomic E-state index is 14.9. The molecule has 7 nitrogen and oxygen atoms in total. The van der Waals surface area contributed by atoms with E-state index in [2.05, 4.69) is 77.8 Å². The number of methoxy groups -OCH3 is 1. The number of benzene rings is 1. The third-order valence-corrected chi connectivity index (χ3v) is 14.9. The van der Waals surface area contributed by atoms with Crippen molar-refractivity contribution in [3.05, 3.63) is 76.0 Å². The van der Waals surface area contributed by atoms with Crippen LogP contribution in [0.2, 0.25) is 0 Å². The van der Waals surface area contributed by atoms with E-state index in [1.54, 1.807) is 13.0 Å². The van der Waals surface area contributed by atoms with Gasteiger partial charge in [-0.3, -0.25) is 4.79 Å². The molecule has 272 valence electrons. The Morgan fingerprint density at radius 1 is 1.08 bits per heavy atom. The number of fused-ring (bicyclic) bond motifs is 11. The highest BCUT2D eigenvalue weighted by molar-refractivity contribution is 6.18. The first-order valence-corrected chi connectivity index (χ1v) is 18.9. The number of carbonyl (C=O) groups excluding carboxylic acids is 2. The Labute approximate surface area is 302 Å². The monoisotopic (exact) mass is 693 g/mol. The zero-order valence-corrected chi connectivity index (χ0v) is 32.1. The normalized spacial score (nSPS) is 38.6. The van der Waals surface area contributed by atoms with Gasteiger partial charge in [0.25, 0.3) is 0 Å². The molecule has 7 heteroatoms. The van der Waals surface area contributed by atoms with Crippen LogP contribution >= 0.6 is 0 Å². The van der Waals surface area contributed by atoms with Gasteiger partial charge in [-0.1, -0.05) is 51.2 Å². The lowest BCUT2D eigenvalue weighted by Crippen LogP contribution is -2.62. The van der Waals surface area contributed by atoms with Crippen LogP contribution in [0.25, 0.3) is 16.5 Å². The fourth-order valence-corrected chi connectivity index (χ4v) is 12.7. The van der Waals surface area contributed by atoms with E-state index in [1.807, 2.05) is 13.0 Å². The molecule has 2 fully saturated rings. The zero-order valence-electron chi connectivity index (χ0n) is 32.1. The number of hydrogen-bond acceptors (Lipinski definition) is 6. The second kappa shape index (κ2) is 10.7. The number of ketones is 1. The molecule has 2 aliphatic heterocycles. The first-order valence-electron chi connectivity index (χ1n) is 18.9. The molecule has 4 aliphatic carbocycles. The van der Waals surface area contributed by atoms with Crippen LogP contribution in [0.1, 0.15) is 133 Å². The van der Waals surface area contributed by atoms with Crippen LogP contribution in [0.3, 0.4) is 0 Å². The average Bonchev–Trinajstić information content (AvgIpc) is 3.71. The van der Waals surface area contributed by atoms with Crippen molar-refractivity contribution >= 4 is 28.2 Å². The molecule has 0 bridgehead atoms. The van der Waals surface area contributed by atoms with E-state index in [-0.39, 0.29) is 34.4 Å². The second-order valence-corrected chi connectivity index (χ2v) is 18.5. The van der Waals surface area contributed by atoms with Gasteiger partial charge in [0.2, 0.25) is 0 Å². The maximum Gasteiger partial charge on any atom is 0.333 e. The fraction of sp³-hybridized carbons (Fsp3) is 0.591. The molecule has 1 aromatic carbocycles. The van der Waals surface area contributed by atoms with Gasteiger partial charge < -0.3 is 24.3 Å². The summed E-state index contributed by atoms with van der Waals surface area (Å²) < 4.78 is 13.8. The minimum absolute atomic E-state index is 0.0302. The Morgan fingerprint density at radius 3 is 2.45 bits per heavy atom. The molecule has 51 heavy (non-hydrogen) atoms. The van der Waals surface area contributed by atoms with Gasteiger partial charge in [0, 0.05) is 39.0 Å². The quantitative estimate of drug-likeness (QED) is 0.145. The van der Waals surface area contributed by atoms with Crippen LogP contribution < -0.4 is 0 Å². The standard InChI is InChI=1S/C44H55NO6/c1-22(2)34-37(48)32-31-25(28-21-40(4,5)51-41(6,7)33(28)36(31)47)20-26-27-19-24-14-15-29-42(8,17-12-13-23(3)39(49)50-11)30(46)16-18-43(29,9)44(24,10)38(27)45(34)35(26)32/h12-13,17,20-21,24,29-30,33-34,36,46-47H,1,14-16,18-19H2,2-11H3/b17-12+,23-13+. The van der Waals surface area contributed by atoms with Crippen LogP contribution in [0.4, 0.5) is 0 Å². The summed E-state index contributed by atoms with van der Waals surface area (Å²) in [5, 5.41) is 25.0. The lowest BCUT2D eigenvalue weighted by atomic mass is 9.40. The molecule has 2 N–H and O–H groups in total. The third kappa shape index (κ3) is 4.23. The van der Waals surface area contributed by atoms with Crippen molar-refractivity contribution in [2.45, 2.75) is 129 Å². The van der Waals surface area contributed by atoms with Crippen molar-refractivity contribution in [1.29, 1.82) is 0 Å². The molecule has 0 spiro atoms. The molecule has 3 heterocycles. The number of rotatable bonds is 4. The summed E-state index contributed by atoms with van der Waals surface area (Å²) in [7, 11) is 1.39. The van der Waals surface area contributed by atoms with Gasteiger partial charge in [-0.25, -0.2) is 4.79 Å². The summed E-state index contributed by atoms with van der Waals surface area (Å²) in [5.74, 6) is -0.0497. The first kappa shape index (κ1) is 34.8. The van der Waals surface area contributed by atoms with Crippen LogP contribution in [-0.2, 0) is 26.1 Å². The summed E-state index contributed by atoms with van der Waals surface area (Å²) >= 11 is 0.